The molecule has 5 heteroatoms. The first-order valence-corrected chi connectivity index (χ1v) is 4.39. The average molecular weight is 246 g/mol. The molecule has 0 atom stereocenters. The molecule has 0 bridgehead atoms. The summed E-state index contributed by atoms with van der Waals surface area (Å²) < 4.78 is 1.93. The fourth-order valence-corrected chi connectivity index (χ4v) is 1.33. The van der Waals surface area contributed by atoms with Crippen molar-refractivity contribution in [2.75, 3.05) is 0 Å². The first-order chi connectivity index (χ1) is 6.02. The molecule has 1 aromatic rings. The van der Waals surface area contributed by atoms with Crippen LogP contribution in [0.25, 0.3) is 0 Å². The molecular weight excluding hydrogens is 238 g/mol. The molecule has 0 radical (unpaired) electrons. The topological polar surface area (TPSA) is 59.3 Å². The molecule has 0 aliphatic rings. The van der Waals surface area contributed by atoms with Gasteiger partial charge in [-0.1, -0.05) is 0 Å². The van der Waals surface area contributed by atoms with Gasteiger partial charge in [0.2, 0.25) is 0 Å². The number of carboxylic acids is 1. The average Bonchev–Trinajstić information content (AvgIpc) is 2.05. The van der Waals surface area contributed by atoms with Crippen LogP contribution in [0.3, 0.4) is 0 Å². The van der Waals surface area contributed by atoms with Gasteiger partial charge >= 0.3 is 5.97 Å². The lowest BCUT2D eigenvalue weighted by molar-refractivity contribution is -0.137. The number of aromatic nitrogens is 1. The van der Waals surface area contributed by atoms with E-state index in [0.29, 0.717) is 5.69 Å². The van der Waals surface area contributed by atoms with Crippen molar-refractivity contribution < 1.29 is 9.90 Å². The van der Waals surface area contributed by atoms with Gasteiger partial charge in [0.1, 0.15) is 6.54 Å². The first kappa shape index (κ1) is 9.98. The summed E-state index contributed by atoms with van der Waals surface area (Å²) in [5.74, 6) is -1.02. The van der Waals surface area contributed by atoms with Crippen LogP contribution in [-0.2, 0) is 11.3 Å². The van der Waals surface area contributed by atoms with Gasteiger partial charge in [-0.2, -0.15) is 0 Å². The number of halogens is 1. The Balaban J connectivity index is 3.25. The van der Waals surface area contributed by atoms with E-state index in [-0.39, 0.29) is 12.1 Å². The molecular formula is C8H8BrNO3. The summed E-state index contributed by atoms with van der Waals surface area (Å²) in [5.41, 5.74) is 0.318. The van der Waals surface area contributed by atoms with Gasteiger partial charge < -0.3 is 9.67 Å². The summed E-state index contributed by atoms with van der Waals surface area (Å²) >= 11 is 3.22. The molecule has 0 fully saturated rings. The number of carbonyl (C=O) groups is 1. The number of rotatable bonds is 2. The number of nitrogens with zero attached hydrogens (tertiary/aromatic N) is 1. The van der Waals surface area contributed by atoms with Gasteiger partial charge in [-0.05, 0) is 28.9 Å². The van der Waals surface area contributed by atoms with Crippen molar-refractivity contribution in [1.82, 2.24) is 4.57 Å². The summed E-state index contributed by atoms with van der Waals surface area (Å²) in [7, 11) is 0. The predicted octanol–water partition coefficient (Wildman–Crippen LogP) is 1.00. The van der Waals surface area contributed by atoms with Gasteiger partial charge in [0.25, 0.3) is 5.56 Å². The first-order valence-electron chi connectivity index (χ1n) is 3.60. The molecule has 1 N–H and O–H groups in total. The molecule has 0 aliphatic carbocycles. The second-order valence-corrected chi connectivity index (χ2v) is 3.44. The molecule has 13 heavy (non-hydrogen) atoms. The molecule has 0 aliphatic heterocycles. The van der Waals surface area contributed by atoms with Gasteiger partial charge in [0.15, 0.2) is 0 Å². The molecule has 0 amide bonds. The van der Waals surface area contributed by atoms with Gasteiger partial charge in [-0.25, -0.2) is 0 Å². The molecule has 1 aromatic heterocycles. The van der Waals surface area contributed by atoms with E-state index in [1.165, 1.54) is 10.6 Å². The largest absolute Gasteiger partial charge is 0.480 e. The van der Waals surface area contributed by atoms with Gasteiger partial charge in [0, 0.05) is 16.2 Å². The van der Waals surface area contributed by atoms with Gasteiger partial charge in [0.05, 0.1) is 0 Å². The molecule has 0 unspecified atom stereocenters. The van der Waals surface area contributed by atoms with Crippen LogP contribution < -0.4 is 5.56 Å². The Labute approximate surface area is 82.9 Å². The third-order valence-electron chi connectivity index (χ3n) is 1.68. The highest BCUT2D eigenvalue weighted by molar-refractivity contribution is 9.10. The summed E-state index contributed by atoms with van der Waals surface area (Å²) in [4.78, 5) is 21.6. The van der Waals surface area contributed by atoms with Crippen LogP contribution in [0.4, 0.5) is 0 Å². The van der Waals surface area contributed by atoms with Crippen molar-refractivity contribution in [2.45, 2.75) is 13.5 Å². The second-order valence-electron chi connectivity index (χ2n) is 2.58. The van der Waals surface area contributed by atoms with Crippen LogP contribution in [0.5, 0.6) is 0 Å². The minimum absolute atomic E-state index is 0.301. The summed E-state index contributed by atoms with van der Waals surface area (Å²) in [5, 5.41) is 8.53. The van der Waals surface area contributed by atoms with Crippen LogP contribution >= 0.6 is 15.9 Å². The van der Waals surface area contributed by atoms with Gasteiger partial charge in [-0.15, -0.1) is 0 Å². The predicted molar refractivity (Wildman–Crippen MR) is 50.8 cm³/mol. The van der Waals surface area contributed by atoms with E-state index in [9.17, 15) is 9.59 Å². The lowest BCUT2D eigenvalue weighted by atomic mass is 10.3. The summed E-state index contributed by atoms with van der Waals surface area (Å²) in [6, 6.07) is 2.94. The highest BCUT2D eigenvalue weighted by atomic mass is 79.9. The van der Waals surface area contributed by atoms with E-state index in [0.717, 1.165) is 4.47 Å². The van der Waals surface area contributed by atoms with Crippen LogP contribution in [0.2, 0.25) is 0 Å². The third-order valence-corrected chi connectivity index (χ3v) is 2.52. The summed E-state index contributed by atoms with van der Waals surface area (Å²) in [6.45, 7) is 1.39. The Kier molecular flexibility index (Phi) is 2.87. The number of carboxylic acid groups (broad SMARTS) is 1. The maximum atomic E-state index is 11.2. The fraction of sp³-hybridized carbons (Fsp3) is 0.250. The molecule has 0 saturated heterocycles. The number of hydrogen-bond acceptors (Lipinski definition) is 2. The van der Waals surface area contributed by atoms with E-state index in [1.807, 2.05) is 0 Å². The third kappa shape index (κ3) is 2.18. The highest BCUT2D eigenvalue weighted by Crippen LogP contribution is 2.12. The van der Waals surface area contributed by atoms with Crippen LogP contribution in [-0.4, -0.2) is 15.6 Å². The van der Waals surface area contributed by atoms with Crippen molar-refractivity contribution in [3.63, 3.8) is 0 Å². The number of aliphatic carboxylic acids is 1. The van der Waals surface area contributed by atoms with Crippen molar-refractivity contribution in [3.8, 4) is 0 Å². The van der Waals surface area contributed by atoms with Gasteiger partial charge in [-0.3, -0.25) is 9.59 Å². The van der Waals surface area contributed by atoms with Crippen molar-refractivity contribution in [2.24, 2.45) is 0 Å². The molecule has 0 saturated carbocycles. The monoisotopic (exact) mass is 245 g/mol. The number of pyridine rings is 1. The zero-order chi connectivity index (χ0) is 10.0. The normalized spacial score (nSPS) is 10.0. The van der Waals surface area contributed by atoms with E-state index in [2.05, 4.69) is 15.9 Å². The summed E-state index contributed by atoms with van der Waals surface area (Å²) in [6.07, 6.45) is 0. The zero-order valence-electron chi connectivity index (χ0n) is 6.95. The van der Waals surface area contributed by atoms with Crippen molar-refractivity contribution in [3.05, 3.63) is 32.7 Å². The fourth-order valence-electron chi connectivity index (χ4n) is 0.981. The van der Waals surface area contributed by atoms with Crippen LogP contribution in [0.15, 0.2) is 21.4 Å². The Hall–Kier alpha value is -1.10. The molecule has 70 valence electrons. The Morgan fingerprint density at radius 3 is 2.77 bits per heavy atom. The lowest BCUT2D eigenvalue weighted by Crippen LogP contribution is -2.25. The Bertz CT molecular complexity index is 397. The highest BCUT2D eigenvalue weighted by Gasteiger charge is 2.06. The van der Waals surface area contributed by atoms with Crippen LogP contribution in [0, 0.1) is 6.92 Å². The minimum atomic E-state index is -1.02. The standard InChI is InChI=1S/C8H8BrNO3/c1-5-6(9)2-3-7(11)10(5)4-8(12)13/h2-3H,4H2,1H3,(H,12,13). The maximum absolute atomic E-state index is 11.2. The zero-order valence-corrected chi connectivity index (χ0v) is 8.54. The molecule has 4 nitrogen and oxygen atoms in total. The lowest BCUT2D eigenvalue weighted by Gasteiger charge is -2.07. The smallest absolute Gasteiger partial charge is 0.323 e. The van der Waals surface area contributed by atoms with Crippen molar-refractivity contribution >= 4 is 21.9 Å². The Morgan fingerprint density at radius 1 is 1.62 bits per heavy atom. The number of hydrogen-bond donors (Lipinski definition) is 1. The van der Waals surface area contributed by atoms with Crippen molar-refractivity contribution in [1.29, 1.82) is 0 Å². The molecule has 1 heterocycles. The molecule has 1 rings (SSSR count). The SMILES string of the molecule is Cc1c(Br)ccc(=O)n1CC(=O)O. The minimum Gasteiger partial charge on any atom is -0.480 e. The van der Waals surface area contributed by atoms with E-state index >= 15 is 0 Å². The maximum Gasteiger partial charge on any atom is 0.323 e. The quantitative estimate of drug-likeness (QED) is 0.846. The Morgan fingerprint density at radius 2 is 2.23 bits per heavy atom. The van der Waals surface area contributed by atoms with Crippen LogP contribution in [0.1, 0.15) is 5.69 Å². The van der Waals surface area contributed by atoms with E-state index < -0.39 is 5.97 Å². The molecule has 0 aromatic carbocycles. The molecule has 0 spiro atoms. The second kappa shape index (κ2) is 3.74. The van der Waals surface area contributed by atoms with E-state index in [1.54, 1.807) is 13.0 Å². The van der Waals surface area contributed by atoms with E-state index in [4.69, 9.17) is 5.11 Å².